The average Bonchev–Trinajstić information content (AvgIpc) is 2.83. The van der Waals surface area contributed by atoms with Crippen LogP contribution in [0.4, 0.5) is 17.3 Å². The number of nitrogens with one attached hydrogen (secondary N) is 3. The summed E-state index contributed by atoms with van der Waals surface area (Å²) in [5.74, 6) is 0.499. The smallest absolute Gasteiger partial charge is 0.221 e. The van der Waals surface area contributed by atoms with Gasteiger partial charge < -0.3 is 21.1 Å². The fourth-order valence-corrected chi connectivity index (χ4v) is 3.34. The number of anilines is 3. The van der Waals surface area contributed by atoms with E-state index in [4.69, 9.17) is 5.11 Å². The van der Waals surface area contributed by atoms with Crippen LogP contribution in [0.15, 0.2) is 54.6 Å². The van der Waals surface area contributed by atoms with Crippen LogP contribution in [-0.4, -0.2) is 29.1 Å². The molecule has 1 amide bonds. The third-order valence-corrected chi connectivity index (χ3v) is 4.84. The van der Waals surface area contributed by atoms with Crippen molar-refractivity contribution in [2.75, 3.05) is 29.1 Å². The molecule has 1 aromatic heterocycles. The second-order valence-electron chi connectivity index (χ2n) is 7.26. The first-order chi connectivity index (χ1) is 16.1. The van der Waals surface area contributed by atoms with E-state index in [1.54, 1.807) is 24.3 Å². The van der Waals surface area contributed by atoms with Gasteiger partial charge in [-0.2, -0.15) is 10.5 Å². The van der Waals surface area contributed by atoms with Gasteiger partial charge in [-0.25, -0.2) is 4.98 Å². The Kier molecular flexibility index (Phi) is 7.96. The lowest BCUT2D eigenvalue weighted by atomic mass is 9.95. The highest BCUT2D eigenvalue weighted by Crippen LogP contribution is 2.35. The van der Waals surface area contributed by atoms with Crippen molar-refractivity contribution < 1.29 is 9.90 Å². The molecule has 0 aliphatic carbocycles. The summed E-state index contributed by atoms with van der Waals surface area (Å²) < 4.78 is 0. The number of nitrogens with zero attached hydrogens (tertiary/aromatic N) is 3. The van der Waals surface area contributed by atoms with Crippen molar-refractivity contribution in [3.05, 3.63) is 71.3 Å². The zero-order valence-electron chi connectivity index (χ0n) is 18.2. The van der Waals surface area contributed by atoms with Crippen molar-refractivity contribution >= 4 is 23.2 Å². The second kappa shape index (κ2) is 11.3. The maximum atomic E-state index is 11.3. The number of carbonyl (C=O) groups excluding carboxylic acids is 1. The SMILES string of the molecule is CC(=O)Nc1ccc(-c2c(C#N)c(NCCCO)nc(NCc3ccccc3)c2C#N)cc1. The Hall–Kier alpha value is -4.40. The highest BCUT2D eigenvalue weighted by Gasteiger charge is 2.21. The molecule has 0 bridgehead atoms. The molecule has 2 aromatic carbocycles. The Bertz CT molecular complexity index is 1190. The van der Waals surface area contributed by atoms with Crippen LogP contribution in [-0.2, 0) is 11.3 Å². The molecule has 0 aliphatic rings. The summed E-state index contributed by atoms with van der Waals surface area (Å²) in [6, 6.07) is 21.0. The van der Waals surface area contributed by atoms with Gasteiger partial charge in [-0.15, -0.1) is 0 Å². The monoisotopic (exact) mass is 440 g/mol. The summed E-state index contributed by atoms with van der Waals surface area (Å²) in [6.07, 6.45) is 0.486. The summed E-state index contributed by atoms with van der Waals surface area (Å²) in [6.45, 7) is 2.30. The molecule has 0 fully saturated rings. The summed E-state index contributed by atoms with van der Waals surface area (Å²) in [5, 5.41) is 38.1. The van der Waals surface area contributed by atoms with Crippen molar-refractivity contribution in [1.82, 2.24) is 4.98 Å². The number of hydrogen-bond donors (Lipinski definition) is 4. The minimum Gasteiger partial charge on any atom is -0.396 e. The Morgan fingerprint density at radius 3 is 2.18 bits per heavy atom. The molecule has 8 heteroatoms. The predicted octanol–water partition coefficient (Wildman–Crippen LogP) is 3.86. The molecule has 0 unspecified atom stereocenters. The number of benzene rings is 2. The first kappa shape index (κ1) is 23.3. The summed E-state index contributed by atoms with van der Waals surface area (Å²) in [7, 11) is 0. The Labute approximate surface area is 192 Å². The van der Waals surface area contributed by atoms with Crippen LogP contribution in [0.1, 0.15) is 30.0 Å². The van der Waals surface area contributed by atoms with E-state index in [2.05, 4.69) is 33.1 Å². The van der Waals surface area contributed by atoms with Crippen LogP contribution < -0.4 is 16.0 Å². The van der Waals surface area contributed by atoms with Gasteiger partial charge in [0.05, 0.1) is 0 Å². The van der Waals surface area contributed by atoms with E-state index in [1.165, 1.54) is 6.92 Å². The van der Waals surface area contributed by atoms with E-state index in [-0.39, 0.29) is 23.6 Å². The number of rotatable bonds is 9. The molecule has 3 aromatic rings. The lowest BCUT2D eigenvalue weighted by molar-refractivity contribution is -0.114. The number of aliphatic hydroxyl groups excluding tert-OH is 1. The first-order valence-electron chi connectivity index (χ1n) is 10.5. The summed E-state index contributed by atoms with van der Waals surface area (Å²) in [4.78, 5) is 15.9. The number of hydrogen-bond acceptors (Lipinski definition) is 7. The first-order valence-corrected chi connectivity index (χ1v) is 10.5. The molecular formula is C25H24N6O2. The third-order valence-electron chi connectivity index (χ3n) is 4.84. The number of aromatic nitrogens is 1. The van der Waals surface area contributed by atoms with Gasteiger partial charge in [0.15, 0.2) is 0 Å². The second-order valence-corrected chi connectivity index (χ2v) is 7.26. The fourth-order valence-electron chi connectivity index (χ4n) is 3.34. The Morgan fingerprint density at radius 1 is 0.970 bits per heavy atom. The molecule has 0 aliphatic heterocycles. The topological polar surface area (TPSA) is 134 Å². The number of aliphatic hydroxyl groups is 1. The van der Waals surface area contributed by atoms with Crippen molar-refractivity contribution in [3.63, 3.8) is 0 Å². The van der Waals surface area contributed by atoms with Crippen molar-refractivity contribution in [3.8, 4) is 23.3 Å². The van der Waals surface area contributed by atoms with Gasteiger partial charge in [-0.05, 0) is 29.7 Å². The Morgan fingerprint density at radius 2 is 1.61 bits per heavy atom. The van der Waals surface area contributed by atoms with Gasteiger partial charge in [-0.3, -0.25) is 4.79 Å². The number of nitriles is 2. The molecule has 166 valence electrons. The summed E-state index contributed by atoms with van der Waals surface area (Å²) in [5.41, 5.74) is 3.22. The van der Waals surface area contributed by atoms with Gasteiger partial charge in [0.1, 0.15) is 34.9 Å². The van der Waals surface area contributed by atoms with E-state index in [0.29, 0.717) is 48.0 Å². The van der Waals surface area contributed by atoms with E-state index >= 15 is 0 Å². The largest absolute Gasteiger partial charge is 0.396 e. The van der Waals surface area contributed by atoms with Gasteiger partial charge in [0.25, 0.3) is 0 Å². The van der Waals surface area contributed by atoms with Crippen LogP contribution in [0.3, 0.4) is 0 Å². The normalized spacial score (nSPS) is 10.1. The molecule has 0 spiro atoms. The van der Waals surface area contributed by atoms with E-state index in [1.807, 2.05) is 30.3 Å². The molecule has 0 saturated carbocycles. The highest BCUT2D eigenvalue weighted by molar-refractivity contribution is 5.90. The van der Waals surface area contributed by atoms with Crippen LogP contribution >= 0.6 is 0 Å². The molecule has 0 atom stereocenters. The lowest BCUT2D eigenvalue weighted by Gasteiger charge is -2.17. The van der Waals surface area contributed by atoms with Crippen molar-refractivity contribution in [2.45, 2.75) is 19.9 Å². The van der Waals surface area contributed by atoms with E-state index < -0.39 is 0 Å². The van der Waals surface area contributed by atoms with Gasteiger partial charge in [-0.1, -0.05) is 42.5 Å². The highest BCUT2D eigenvalue weighted by atomic mass is 16.3. The Balaban J connectivity index is 2.09. The van der Waals surface area contributed by atoms with Crippen LogP contribution in [0.25, 0.3) is 11.1 Å². The van der Waals surface area contributed by atoms with E-state index in [9.17, 15) is 15.3 Å². The van der Waals surface area contributed by atoms with Crippen molar-refractivity contribution in [2.24, 2.45) is 0 Å². The van der Waals surface area contributed by atoms with Crippen LogP contribution in [0.2, 0.25) is 0 Å². The molecular weight excluding hydrogens is 416 g/mol. The zero-order chi connectivity index (χ0) is 23.6. The maximum Gasteiger partial charge on any atom is 0.221 e. The number of carbonyl (C=O) groups is 1. The number of amides is 1. The molecule has 8 nitrogen and oxygen atoms in total. The molecule has 33 heavy (non-hydrogen) atoms. The van der Waals surface area contributed by atoms with Crippen molar-refractivity contribution in [1.29, 1.82) is 10.5 Å². The molecule has 0 radical (unpaired) electrons. The lowest BCUT2D eigenvalue weighted by Crippen LogP contribution is -2.12. The van der Waals surface area contributed by atoms with Crippen LogP contribution in [0.5, 0.6) is 0 Å². The molecule has 1 heterocycles. The van der Waals surface area contributed by atoms with Gasteiger partial charge in [0.2, 0.25) is 5.91 Å². The van der Waals surface area contributed by atoms with Crippen LogP contribution in [0, 0.1) is 22.7 Å². The van der Waals surface area contributed by atoms with E-state index in [0.717, 1.165) is 5.56 Å². The molecule has 4 N–H and O–H groups in total. The standard InChI is InChI=1S/C25H24N6O2/c1-17(33)30-20-10-8-19(9-11-20)23-21(14-26)24(28-12-5-13-32)31-25(22(23)15-27)29-16-18-6-3-2-4-7-18/h2-4,6-11,32H,5,12-13,16H2,1H3,(H,30,33)(H2,28,29,31). The zero-order valence-corrected chi connectivity index (χ0v) is 18.2. The quantitative estimate of drug-likeness (QED) is 0.371. The maximum absolute atomic E-state index is 11.3. The molecule has 0 saturated heterocycles. The minimum atomic E-state index is -0.190. The molecule has 3 rings (SSSR count). The number of pyridine rings is 1. The van der Waals surface area contributed by atoms with Gasteiger partial charge in [0, 0.05) is 37.9 Å². The predicted molar refractivity (Wildman–Crippen MR) is 127 cm³/mol. The van der Waals surface area contributed by atoms with Gasteiger partial charge >= 0.3 is 0 Å². The fraction of sp³-hybridized carbons (Fsp3) is 0.200. The summed E-state index contributed by atoms with van der Waals surface area (Å²) >= 11 is 0. The minimum absolute atomic E-state index is 0.00173. The third kappa shape index (κ3) is 5.85. The average molecular weight is 441 g/mol.